The zero-order chi connectivity index (χ0) is 19.7. The molecule has 2 aliphatic rings. The number of carbonyl (C=O) groups is 1. The average Bonchev–Trinajstić information content (AvgIpc) is 2.65. The predicted molar refractivity (Wildman–Crippen MR) is 105 cm³/mol. The maximum atomic E-state index is 13.0. The first-order valence-corrected chi connectivity index (χ1v) is 11.1. The molecule has 5 nitrogen and oxygen atoms in total. The molecule has 0 spiro atoms. The van der Waals surface area contributed by atoms with Gasteiger partial charge in [-0.1, -0.05) is 18.6 Å². The number of anilines is 1. The Bertz CT molecular complexity index is 985. The topological polar surface area (TPSA) is 66.5 Å². The first-order chi connectivity index (χ1) is 13.4. The van der Waals surface area contributed by atoms with Crippen LogP contribution < -0.4 is 9.62 Å². The Labute approximate surface area is 164 Å². The number of rotatable bonds is 5. The van der Waals surface area contributed by atoms with Gasteiger partial charge in [-0.25, -0.2) is 17.5 Å². The second-order valence-corrected chi connectivity index (χ2v) is 9.23. The van der Waals surface area contributed by atoms with Gasteiger partial charge in [-0.3, -0.25) is 4.79 Å². The Hall–Kier alpha value is -2.25. The molecule has 0 atom stereocenters. The summed E-state index contributed by atoms with van der Waals surface area (Å²) >= 11 is 0. The summed E-state index contributed by atoms with van der Waals surface area (Å²) in [5.74, 6) is -0.0775. The van der Waals surface area contributed by atoms with Crippen LogP contribution >= 0.6 is 0 Å². The van der Waals surface area contributed by atoms with Gasteiger partial charge in [0, 0.05) is 24.7 Å². The molecule has 1 aliphatic heterocycles. The first kappa shape index (κ1) is 19.1. The van der Waals surface area contributed by atoms with Gasteiger partial charge in [-0.15, -0.1) is 0 Å². The molecule has 28 heavy (non-hydrogen) atoms. The number of aryl methyl sites for hydroxylation is 1. The minimum absolute atomic E-state index is 0.0893. The Morgan fingerprint density at radius 3 is 2.54 bits per heavy atom. The fourth-order valence-corrected chi connectivity index (χ4v) is 4.78. The smallest absolute Gasteiger partial charge is 0.240 e. The van der Waals surface area contributed by atoms with Crippen LogP contribution in [-0.4, -0.2) is 20.9 Å². The summed E-state index contributed by atoms with van der Waals surface area (Å²) in [6, 6.07) is 10.7. The minimum atomic E-state index is -3.70. The van der Waals surface area contributed by atoms with Gasteiger partial charge in [0.05, 0.1) is 4.90 Å². The molecular weight excluding hydrogens is 379 g/mol. The van der Waals surface area contributed by atoms with Crippen molar-refractivity contribution in [2.75, 3.05) is 11.4 Å². The third kappa shape index (κ3) is 3.82. The molecule has 148 valence electrons. The fraction of sp³-hybridized carbons (Fsp3) is 0.381. The van der Waals surface area contributed by atoms with Crippen LogP contribution in [0.25, 0.3) is 0 Å². The van der Waals surface area contributed by atoms with Crippen LogP contribution in [0.5, 0.6) is 0 Å². The lowest BCUT2D eigenvalue weighted by molar-refractivity contribution is -0.124. The first-order valence-electron chi connectivity index (χ1n) is 9.62. The Morgan fingerprint density at radius 2 is 1.86 bits per heavy atom. The van der Waals surface area contributed by atoms with Crippen LogP contribution in [0.3, 0.4) is 0 Å². The maximum Gasteiger partial charge on any atom is 0.240 e. The standard InChI is InChI=1S/C21H23FN2O3S/c22-18-8-6-15(7-9-18)14-23-28(26,27)19-10-11-20-17(13-19)5-2-12-24(20)21(25)16-3-1-4-16/h6-11,13,16,23H,1-5,12,14H2. The van der Waals surface area contributed by atoms with Crippen LogP contribution in [-0.2, 0) is 27.8 Å². The zero-order valence-corrected chi connectivity index (χ0v) is 16.3. The Morgan fingerprint density at radius 1 is 1.11 bits per heavy atom. The van der Waals surface area contributed by atoms with Crippen molar-refractivity contribution in [3.05, 3.63) is 59.4 Å². The van der Waals surface area contributed by atoms with Crippen LogP contribution in [0.2, 0.25) is 0 Å². The van der Waals surface area contributed by atoms with Crippen molar-refractivity contribution in [3.8, 4) is 0 Å². The molecule has 7 heteroatoms. The molecule has 1 N–H and O–H groups in total. The Kier molecular flexibility index (Phi) is 5.21. The summed E-state index contributed by atoms with van der Waals surface area (Å²) < 4.78 is 40.9. The van der Waals surface area contributed by atoms with E-state index in [0.29, 0.717) is 12.1 Å². The van der Waals surface area contributed by atoms with Crippen molar-refractivity contribution < 1.29 is 17.6 Å². The number of fused-ring (bicyclic) bond motifs is 1. The molecule has 2 aromatic rings. The van der Waals surface area contributed by atoms with E-state index in [2.05, 4.69) is 4.72 Å². The summed E-state index contributed by atoms with van der Waals surface area (Å²) in [6.45, 7) is 0.781. The average molecular weight is 402 g/mol. The van der Waals surface area contributed by atoms with E-state index in [4.69, 9.17) is 0 Å². The number of nitrogens with one attached hydrogen (secondary N) is 1. The highest BCUT2D eigenvalue weighted by Crippen LogP contribution is 2.34. The number of benzene rings is 2. The quantitative estimate of drug-likeness (QED) is 0.834. The van der Waals surface area contributed by atoms with E-state index in [1.807, 2.05) is 4.90 Å². The van der Waals surface area contributed by atoms with Gasteiger partial charge in [-0.05, 0) is 67.1 Å². The number of hydrogen-bond donors (Lipinski definition) is 1. The predicted octanol–water partition coefficient (Wildman–Crippen LogP) is 3.38. The van der Waals surface area contributed by atoms with E-state index in [9.17, 15) is 17.6 Å². The normalized spacial score (nSPS) is 17.1. The van der Waals surface area contributed by atoms with E-state index in [0.717, 1.165) is 43.4 Å². The summed E-state index contributed by atoms with van der Waals surface area (Å²) in [6.07, 6.45) is 4.59. The molecule has 1 fully saturated rings. The number of sulfonamides is 1. The summed E-state index contributed by atoms with van der Waals surface area (Å²) in [5, 5.41) is 0. The molecule has 2 aromatic carbocycles. The molecule has 0 unspecified atom stereocenters. The molecular formula is C21H23FN2O3S. The van der Waals surface area contributed by atoms with Gasteiger partial charge in [0.2, 0.25) is 15.9 Å². The number of hydrogen-bond acceptors (Lipinski definition) is 3. The summed E-state index contributed by atoms with van der Waals surface area (Å²) in [7, 11) is -3.70. The van der Waals surface area contributed by atoms with Crippen molar-refractivity contribution in [1.82, 2.24) is 4.72 Å². The third-order valence-corrected chi connectivity index (χ3v) is 6.98. The SMILES string of the molecule is O=C(C1CCC1)N1CCCc2cc(S(=O)(=O)NCc3ccc(F)cc3)ccc21. The van der Waals surface area contributed by atoms with Gasteiger partial charge < -0.3 is 4.90 Å². The molecule has 1 saturated carbocycles. The fourth-order valence-electron chi connectivity index (χ4n) is 3.71. The largest absolute Gasteiger partial charge is 0.312 e. The highest BCUT2D eigenvalue weighted by Gasteiger charge is 2.32. The van der Waals surface area contributed by atoms with E-state index >= 15 is 0 Å². The van der Waals surface area contributed by atoms with Gasteiger partial charge >= 0.3 is 0 Å². The number of halogens is 1. The third-order valence-electron chi connectivity index (χ3n) is 5.58. The lowest BCUT2D eigenvalue weighted by Crippen LogP contribution is -2.41. The summed E-state index contributed by atoms with van der Waals surface area (Å²) in [4.78, 5) is 14.7. The number of nitrogens with zero attached hydrogens (tertiary/aromatic N) is 1. The number of carbonyl (C=O) groups excluding carboxylic acids is 1. The van der Waals surface area contributed by atoms with Crippen molar-refractivity contribution >= 4 is 21.6 Å². The van der Waals surface area contributed by atoms with Crippen LogP contribution in [0.4, 0.5) is 10.1 Å². The molecule has 0 bridgehead atoms. The Balaban J connectivity index is 1.52. The summed E-state index contributed by atoms with van der Waals surface area (Å²) in [5.41, 5.74) is 2.41. The second-order valence-electron chi connectivity index (χ2n) is 7.46. The van der Waals surface area contributed by atoms with E-state index in [1.54, 1.807) is 30.3 Å². The van der Waals surface area contributed by atoms with E-state index in [1.165, 1.54) is 12.1 Å². The van der Waals surface area contributed by atoms with Crippen LogP contribution in [0, 0.1) is 11.7 Å². The second kappa shape index (κ2) is 7.64. The van der Waals surface area contributed by atoms with Gasteiger partial charge in [0.15, 0.2) is 0 Å². The van der Waals surface area contributed by atoms with Gasteiger partial charge in [-0.2, -0.15) is 0 Å². The van der Waals surface area contributed by atoms with Crippen molar-refractivity contribution in [1.29, 1.82) is 0 Å². The molecule has 0 radical (unpaired) electrons. The zero-order valence-electron chi connectivity index (χ0n) is 15.5. The van der Waals surface area contributed by atoms with E-state index in [-0.39, 0.29) is 29.1 Å². The van der Waals surface area contributed by atoms with Crippen molar-refractivity contribution in [3.63, 3.8) is 0 Å². The van der Waals surface area contributed by atoms with E-state index < -0.39 is 10.0 Å². The molecule has 4 rings (SSSR count). The molecule has 1 aliphatic carbocycles. The lowest BCUT2D eigenvalue weighted by atomic mass is 9.83. The van der Waals surface area contributed by atoms with Crippen LogP contribution in [0.15, 0.2) is 47.4 Å². The molecule has 0 aromatic heterocycles. The monoisotopic (exact) mass is 402 g/mol. The van der Waals surface area contributed by atoms with Gasteiger partial charge in [0.1, 0.15) is 5.82 Å². The van der Waals surface area contributed by atoms with Crippen molar-refractivity contribution in [2.45, 2.75) is 43.5 Å². The highest BCUT2D eigenvalue weighted by atomic mass is 32.2. The highest BCUT2D eigenvalue weighted by molar-refractivity contribution is 7.89. The minimum Gasteiger partial charge on any atom is -0.312 e. The van der Waals surface area contributed by atoms with Gasteiger partial charge in [0.25, 0.3) is 0 Å². The van der Waals surface area contributed by atoms with Crippen molar-refractivity contribution in [2.24, 2.45) is 5.92 Å². The molecule has 0 saturated heterocycles. The van der Waals surface area contributed by atoms with Crippen LogP contribution in [0.1, 0.15) is 36.8 Å². The lowest BCUT2D eigenvalue weighted by Gasteiger charge is -2.35. The molecule has 1 amide bonds. The number of amides is 1. The maximum absolute atomic E-state index is 13.0. The molecule has 1 heterocycles.